The Bertz CT molecular complexity index is 1810. The van der Waals surface area contributed by atoms with Crippen molar-refractivity contribution < 1.29 is 0 Å². The van der Waals surface area contributed by atoms with Crippen LogP contribution in [0.4, 0.5) is 0 Å². The monoisotopic (exact) mass is 499 g/mol. The van der Waals surface area contributed by atoms with Gasteiger partial charge in [-0.05, 0) is 68.8 Å². The molecule has 1 heteroatoms. The molecular weight excluding hydrogens is 470 g/mol. The van der Waals surface area contributed by atoms with E-state index in [0.717, 1.165) is 22.5 Å². The zero-order valence-corrected chi connectivity index (χ0v) is 22.2. The van der Waals surface area contributed by atoms with E-state index in [1.54, 1.807) is 0 Å². The molecule has 6 aromatic rings. The van der Waals surface area contributed by atoms with E-state index in [4.69, 9.17) is 4.98 Å². The molecule has 0 fully saturated rings. The van der Waals surface area contributed by atoms with Crippen LogP contribution in [0.1, 0.15) is 25.0 Å². The molecular formula is C38H29N. The van der Waals surface area contributed by atoms with Gasteiger partial charge in [0, 0.05) is 16.5 Å². The maximum absolute atomic E-state index is 4.96. The zero-order chi connectivity index (χ0) is 26.4. The van der Waals surface area contributed by atoms with E-state index < -0.39 is 0 Å². The standard InChI is InChI=1S/C38H29N/c1-38(2)34-15-7-6-14-32(34)33-23-22-30(25-35(33)38)27-20-18-26(19-21-27)29-12-8-13-31(24-29)37-17-9-16-36(39-37)28-10-4-3-5-11-28/h3-25H,1-2H3. The first-order valence-corrected chi connectivity index (χ1v) is 13.6. The van der Waals surface area contributed by atoms with Crippen LogP contribution in [0.3, 0.4) is 0 Å². The van der Waals surface area contributed by atoms with Crippen LogP contribution in [0, 0.1) is 0 Å². The van der Waals surface area contributed by atoms with Gasteiger partial charge in [0.15, 0.2) is 0 Å². The molecule has 0 unspecified atom stereocenters. The first kappa shape index (κ1) is 23.4. The molecule has 0 N–H and O–H groups in total. The second-order valence-electron chi connectivity index (χ2n) is 10.9. The van der Waals surface area contributed by atoms with E-state index in [1.807, 2.05) is 6.07 Å². The quantitative estimate of drug-likeness (QED) is 0.235. The smallest absolute Gasteiger partial charge is 0.0709 e. The van der Waals surface area contributed by atoms with Gasteiger partial charge in [0.2, 0.25) is 0 Å². The van der Waals surface area contributed by atoms with Crippen molar-refractivity contribution in [3.63, 3.8) is 0 Å². The third-order valence-corrected chi connectivity index (χ3v) is 8.11. The number of hydrogen-bond acceptors (Lipinski definition) is 1. The minimum atomic E-state index is 0.00810. The van der Waals surface area contributed by atoms with E-state index in [2.05, 4.69) is 147 Å². The summed E-state index contributed by atoms with van der Waals surface area (Å²) >= 11 is 0. The fourth-order valence-electron chi connectivity index (χ4n) is 5.96. The van der Waals surface area contributed by atoms with Crippen molar-refractivity contribution in [3.8, 4) is 55.9 Å². The van der Waals surface area contributed by atoms with Gasteiger partial charge < -0.3 is 0 Å². The summed E-state index contributed by atoms with van der Waals surface area (Å²) in [6.07, 6.45) is 0. The summed E-state index contributed by atoms with van der Waals surface area (Å²) in [6.45, 7) is 4.67. The average molecular weight is 500 g/mol. The molecule has 1 aliphatic carbocycles. The van der Waals surface area contributed by atoms with Gasteiger partial charge in [0.05, 0.1) is 11.4 Å². The van der Waals surface area contributed by atoms with Crippen molar-refractivity contribution in [1.29, 1.82) is 0 Å². The highest BCUT2D eigenvalue weighted by Gasteiger charge is 2.35. The second-order valence-corrected chi connectivity index (χ2v) is 10.9. The molecule has 0 atom stereocenters. The number of aromatic nitrogens is 1. The number of nitrogens with zero attached hydrogens (tertiary/aromatic N) is 1. The minimum Gasteiger partial charge on any atom is -0.248 e. The zero-order valence-electron chi connectivity index (χ0n) is 22.2. The number of hydrogen-bond donors (Lipinski definition) is 0. The molecule has 1 nitrogen and oxygen atoms in total. The van der Waals surface area contributed by atoms with Gasteiger partial charge in [-0.2, -0.15) is 0 Å². The molecule has 0 bridgehead atoms. The van der Waals surface area contributed by atoms with Gasteiger partial charge in [-0.15, -0.1) is 0 Å². The highest BCUT2D eigenvalue weighted by atomic mass is 14.7. The molecule has 1 aromatic heterocycles. The summed E-state index contributed by atoms with van der Waals surface area (Å²) in [4.78, 5) is 4.96. The Morgan fingerprint density at radius 2 is 0.923 bits per heavy atom. The van der Waals surface area contributed by atoms with Crippen LogP contribution in [0.2, 0.25) is 0 Å². The van der Waals surface area contributed by atoms with E-state index in [-0.39, 0.29) is 5.41 Å². The van der Waals surface area contributed by atoms with Gasteiger partial charge in [-0.3, -0.25) is 0 Å². The first-order valence-electron chi connectivity index (χ1n) is 13.6. The molecule has 39 heavy (non-hydrogen) atoms. The Balaban J connectivity index is 1.19. The van der Waals surface area contributed by atoms with Crippen molar-refractivity contribution in [3.05, 3.63) is 151 Å². The van der Waals surface area contributed by atoms with Crippen LogP contribution < -0.4 is 0 Å². The topological polar surface area (TPSA) is 12.9 Å². The molecule has 0 aliphatic heterocycles. The third-order valence-electron chi connectivity index (χ3n) is 8.11. The first-order chi connectivity index (χ1) is 19.1. The molecule has 0 radical (unpaired) electrons. The van der Waals surface area contributed by atoms with Gasteiger partial charge in [0.1, 0.15) is 0 Å². The Morgan fingerprint density at radius 1 is 0.385 bits per heavy atom. The van der Waals surface area contributed by atoms with E-state index in [0.29, 0.717) is 0 Å². The second kappa shape index (κ2) is 9.22. The van der Waals surface area contributed by atoms with Crippen molar-refractivity contribution in [1.82, 2.24) is 4.98 Å². The molecule has 1 heterocycles. The summed E-state index contributed by atoms with van der Waals surface area (Å²) in [5.74, 6) is 0. The summed E-state index contributed by atoms with van der Waals surface area (Å²) in [5, 5.41) is 0. The van der Waals surface area contributed by atoms with Gasteiger partial charge in [-0.25, -0.2) is 4.98 Å². The normalized spacial score (nSPS) is 13.1. The van der Waals surface area contributed by atoms with E-state index in [9.17, 15) is 0 Å². The van der Waals surface area contributed by atoms with Crippen LogP contribution in [0.15, 0.2) is 140 Å². The molecule has 0 saturated carbocycles. The summed E-state index contributed by atoms with van der Waals surface area (Å²) in [5.41, 5.74) is 14.7. The Labute approximate surface area is 230 Å². The molecule has 0 saturated heterocycles. The molecule has 0 amide bonds. The SMILES string of the molecule is CC1(C)c2ccccc2-c2ccc(-c3ccc(-c4cccc(-c5cccc(-c6ccccc6)n5)c4)cc3)cc21. The maximum atomic E-state index is 4.96. The fourth-order valence-corrected chi connectivity index (χ4v) is 5.96. The number of fused-ring (bicyclic) bond motifs is 3. The van der Waals surface area contributed by atoms with E-state index >= 15 is 0 Å². The number of pyridine rings is 1. The predicted molar refractivity (Wildman–Crippen MR) is 164 cm³/mol. The Kier molecular flexibility index (Phi) is 5.52. The lowest BCUT2D eigenvalue weighted by Gasteiger charge is -2.22. The van der Waals surface area contributed by atoms with Gasteiger partial charge >= 0.3 is 0 Å². The third kappa shape index (κ3) is 4.08. The fraction of sp³-hybridized carbons (Fsp3) is 0.0789. The van der Waals surface area contributed by atoms with Crippen molar-refractivity contribution in [2.24, 2.45) is 0 Å². The summed E-state index contributed by atoms with van der Waals surface area (Å²) < 4.78 is 0. The highest BCUT2D eigenvalue weighted by Crippen LogP contribution is 2.49. The Hall–Kier alpha value is -4.75. The van der Waals surface area contributed by atoms with Crippen molar-refractivity contribution in [2.45, 2.75) is 19.3 Å². The predicted octanol–water partition coefficient (Wildman–Crippen LogP) is 10.1. The van der Waals surface area contributed by atoms with Gasteiger partial charge in [-0.1, -0.05) is 129 Å². The lowest BCUT2D eigenvalue weighted by atomic mass is 9.81. The molecule has 186 valence electrons. The minimum absolute atomic E-state index is 0.00810. The van der Waals surface area contributed by atoms with E-state index in [1.165, 1.54) is 44.5 Å². The molecule has 0 spiro atoms. The van der Waals surface area contributed by atoms with Crippen LogP contribution in [-0.2, 0) is 5.41 Å². The average Bonchev–Trinajstić information content (AvgIpc) is 3.24. The maximum Gasteiger partial charge on any atom is 0.0709 e. The van der Waals surface area contributed by atoms with Crippen molar-refractivity contribution >= 4 is 0 Å². The van der Waals surface area contributed by atoms with Crippen LogP contribution in [-0.4, -0.2) is 4.98 Å². The lowest BCUT2D eigenvalue weighted by Crippen LogP contribution is -2.14. The van der Waals surface area contributed by atoms with Crippen LogP contribution >= 0.6 is 0 Å². The van der Waals surface area contributed by atoms with Crippen LogP contribution in [0.25, 0.3) is 55.9 Å². The highest BCUT2D eigenvalue weighted by molar-refractivity contribution is 5.84. The Morgan fingerprint density at radius 3 is 1.69 bits per heavy atom. The van der Waals surface area contributed by atoms with Gasteiger partial charge in [0.25, 0.3) is 0 Å². The summed E-state index contributed by atoms with van der Waals surface area (Å²) in [7, 11) is 0. The largest absolute Gasteiger partial charge is 0.248 e. The number of benzene rings is 5. The number of rotatable bonds is 4. The van der Waals surface area contributed by atoms with Crippen LogP contribution in [0.5, 0.6) is 0 Å². The molecule has 5 aromatic carbocycles. The molecule has 1 aliphatic rings. The summed E-state index contributed by atoms with van der Waals surface area (Å²) in [6, 6.07) is 50.0. The molecule has 7 rings (SSSR count). The lowest BCUT2D eigenvalue weighted by molar-refractivity contribution is 0.660. The van der Waals surface area contributed by atoms with Crippen molar-refractivity contribution in [2.75, 3.05) is 0 Å².